The van der Waals surface area contributed by atoms with E-state index in [0.29, 0.717) is 22.7 Å². The molecule has 0 saturated carbocycles. The number of aromatic nitrogens is 4. The van der Waals surface area contributed by atoms with E-state index < -0.39 is 0 Å². The summed E-state index contributed by atoms with van der Waals surface area (Å²) in [4.78, 5) is 11.9. The highest BCUT2D eigenvalue weighted by molar-refractivity contribution is 7.19. The minimum Gasteiger partial charge on any atom is -0.507 e. The molecular weight excluding hydrogens is 356 g/mol. The van der Waals surface area contributed by atoms with Crippen LogP contribution in [0.25, 0.3) is 27.3 Å². The zero-order valence-electron chi connectivity index (χ0n) is 15.7. The topological polar surface area (TPSA) is 63.3 Å². The average molecular weight is 379 g/mol. The van der Waals surface area contributed by atoms with Crippen molar-refractivity contribution in [3.63, 3.8) is 0 Å². The quantitative estimate of drug-likeness (QED) is 0.514. The molecule has 0 aliphatic heterocycles. The molecule has 1 aliphatic carbocycles. The molecule has 1 aliphatic rings. The van der Waals surface area contributed by atoms with Crippen LogP contribution in [0.5, 0.6) is 5.75 Å². The van der Waals surface area contributed by atoms with Crippen molar-refractivity contribution >= 4 is 27.2 Å². The molecule has 0 bridgehead atoms. The van der Waals surface area contributed by atoms with Gasteiger partial charge in [-0.15, -0.1) is 16.4 Å². The molecule has 4 aromatic rings. The van der Waals surface area contributed by atoms with Gasteiger partial charge in [-0.1, -0.05) is 32.9 Å². The van der Waals surface area contributed by atoms with Gasteiger partial charge in [0.25, 0.3) is 0 Å². The Labute approximate surface area is 161 Å². The largest absolute Gasteiger partial charge is 0.507 e. The van der Waals surface area contributed by atoms with Crippen LogP contribution in [0.15, 0.2) is 30.6 Å². The minimum atomic E-state index is 0.193. The molecular formula is C21H22N4OS. The average Bonchev–Trinajstić information content (AvgIpc) is 3.21. The second kappa shape index (κ2) is 5.76. The van der Waals surface area contributed by atoms with E-state index in [1.165, 1.54) is 16.9 Å². The third-order valence-electron chi connectivity index (χ3n) is 5.76. The summed E-state index contributed by atoms with van der Waals surface area (Å²) in [6.45, 7) is 7.01. The smallest absolute Gasteiger partial charge is 0.185 e. The molecule has 0 unspecified atom stereocenters. The molecule has 0 radical (unpaired) electrons. The van der Waals surface area contributed by atoms with E-state index in [-0.39, 0.29) is 5.75 Å². The molecule has 6 heteroatoms. The number of rotatable bonds is 1. The van der Waals surface area contributed by atoms with Crippen molar-refractivity contribution < 1.29 is 5.11 Å². The van der Waals surface area contributed by atoms with Gasteiger partial charge >= 0.3 is 0 Å². The van der Waals surface area contributed by atoms with Crippen LogP contribution in [0.4, 0.5) is 0 Å². The van der Waals surface area contributed by atoms with Gasteiger partial charge in [-0.05, 0) is 48.3 Å². The van der Waals surface area contributed by atoms with Crippen LogP contribution in [0.3, 0.4) is 0 Å². The van der Waals surface area contributed by atoms with Crippen LogP contribution in [0.2, 0.25) is 0 Å². The summed E-state index contributed by atoms with van der Waals surface area (Å²) in [7, 11) is 0. The van der Waals surface area contributed by atoms with E-state index in [4.69, 9.17) is 4.98 Å². The second-order valence-corrected chi connectivity index (χ2v) is 9.54. The fraction of sp³-hybridized carbons (Fsp3) is 0.381. The minimum absolute atomic E-state index is 0.193. The second-order valence-electron chi connectivity index (χ2n) is 8.45. The van der Waals surface area contributed by atoms with Crippen molar-refractivity contribution in [2.75, 3.05) is 0 Å². The highest BCUT2D eigenvalue weighted by atomic mass is 32.1. The molecule has 138 valence electrons. The van der Waals surface area contributed by atoms with Crippen molar-refractivity contribution in [1.29, 1.82) is 0 Å². The number of para-hydroxylation sites is 1. The summed E-state index contributed by atoms with van der Waals surface area (Å²) in [5.41, 5.74) is 3.20. The first-order chi connectivity index (χ1) is 12.9. The molecule has 3 heterocycles. The molecule has 5 nitrogen and oxygen atoms in total. The predicted molar refractivity (Wildman–Crippen MR) is 108 cm³/mol. The van der Waals surface area contributed by atoms with Gasteiger partial charge < -0.3 is 5.11 Å². The van der Waals surface area contributed by atoms with Crippen LogP contribution in [-0.4, -0.2) is 24.7 Å². The Hall–Kier alpha value is -2.47. The third kappa shape index (κ3) is 2.62. The fourth-order valence-electron chi connectivity index (χ4n) is 4.09. The predicted octanol–water partition coefficient (Wildman–Crippen LogP) is 4.86. The van der Waals surface area contributed by atoms with E-state index in [9.17, 15) is 5.11 Å². The van der Waals surface area contributed by atoms with Gasteiger partial charge in [0.2, 0.25) is 0 Å². The summed E-state index contributed by atoms with van der Waals surface area (Å²) >= 11 is 1.80. The Bertz CT molecular complexity index is 1170. The van der Waals surface area contributed by atoms with Crippen LogP contribution in [0, 0.1) is 11.3 Å². The molecule has 0 saturated heterocycles. The molecule has 1 N–H and O–H groups in total. The monoisotopic (exact) mass is 378 g/mol. The number of phenolic OH excluding ortho intramolecular Hbond substituents is 1. The lowest BCUT2D eigenvalue weighted by Gasteiger charge is -2.33. The Balaban J connectivity index is 1.68. The lowest BCUT2D eigenvalue weighted by molar-refractivity contribution is 0.218. The van der Waals surface area contributed by atoms with Gasteiger partial charge in [-0.2, -0.15) is 0 Å². The third-order valence-corrected chi connectivity index (χ3v) is 6.92. The van der Waals surface area contributed by atoms with Crippen LogP contribution >= 0.6 is 11.3 Å². The van der Waals surface area contributed by atoms with Crippen molar-refractivity contribution in [2.45, 2.75) is 40.0 Å². The molecule has 1 atom stereocenters. The summed E-state index contributed by atoms with van der Waals surface area (Å²) in [5, 5.41) is 15.9. The molecule has 5 rings (SSSR count). The van der Waals surface area contributed by atoms with E-state index in [1.54, 1.807) is 34.3 Å². The van der Waals surface area contributed by atoms with E-state index in [0.717, 1.165) is 28.7 Å². The molecule has 0 fully saturated rings. The number of aryl methyl sites for hydroxylation is 1. The lowest BCUT2D eigenvalue weighted by Crippen LogP contribution is -2.26. The number of hydrogen-bond donors (Lipinski definition) is 1. The van der Waals surface area contributed by atoms with Gasteiger partial charge in [0.15, 0.2) is 11.5 Å². The molecule has 0 amide bonds. The van der Waals surface area contributed by atoms with Crippen molar-refractivity contribution in [3.8, 4) is 17.1 Å². The standard InChI is InChI=1S/C21H22N4OS/c1-21(2,3)12-8-9-14-16(10-12)27-20-17(14)19-23-18(24-25(19)11-22-20)13-6-4-5-7-15(13)26/h4-7,11-12,26H,8-10H2,1-3H3/t12-/m1/s1. The zero-order valence-corrected chi connectivity index (χ0v) is 16.5. The number of aromatic hydroxyl groups is 1. The molecule has 1 aromatic carbocycles. The summed E-state index contributed by atoms with van der Waals surface area (Å²) < 4.78 is 1.74. The van der Waals surface area contributed by atoms with E-state index in [2.05, 4.69) is 30.9 Å². The van der Waals surface area contributed by atoms with Crippen molar-refractivity contribution in [2.24, 2.45) is 11.3 Å². The number of thiophene rings is 1. The number of phenols is 1. The first-order valence-corrected chi connectivity index (χ1v) is 10.2. The highest BCUT2D eigenvalue weighted by Crippen LogP contribution is 2.43. The summed E-state index contributed by atoms with van der Waals surface area (Å²) in [6.07, 6.45) is 5.12. The van der Waals surface area contributed by atoms with E-state index >= 15 is 0 Å². The normalized spacial score (nSPS) is 17.5. The van der Waals surface area contributed by atoms with Crippen molar-refractivity contribution in [3.05, 3.63) is 41.0 Å². The molecule has 3 aromatic heterocycles. The first kappa shape index (κ1) is 16.7. The Morgan fingerprint density at radius 2 is 2.04 bits per heavy atom. The van der Waals surface area contributed by atoms with Gasteiger partial charge in [0, 0.05) is 4.88 Å². The van der Waals surface area contributed by atoms with Crippen LogP contribution < -0.4 is 0 Å². The Kier molecular flexibility index (Phi) is 3.56. The summed E-state index contributed by atoms with van der Waals surface area (Å²) in [6, 6.07) is 7.18. The maximum absolute atomic E-state index is 10.2. The van der Waals surface area contributed by atoms with Gasteiger partial charge in [-0.3, -0.25) is 0 Å². The maximum atomic E-state index is 10.2. The molecule has 27 heavy (non-hydrogen) atoms. The number of hydrogen-bond acceptors (Lipinski definition) is 5. The Morgan fingerprint density at radius 3 is 2.81 bits per heavy atom. The maximum Gasteiger partial charge on any atom is 0.185 e. The van der Waals surface area contributed by atoms with Gasteiger partial charge in [0.05, 0.1) is 10.9 Å². The van der Waals surface area contributed by atoms with Crippen molar-refractivity contribution in [1.82, 2.24) is 19.6 Å². The van der Waals surface area contributed by atoms with Crippen LogP contribution in [-0.2, 0) is 12.8 Å². The Morgan fingerprint density at radius 1 is 1.22 bits per heavy atom. The van der Waals surface area contributed by atoms with Gasteiger partial charge in [-0.25, -0.2) is 14.5 Å². The zero-order chi connectivity index (χ0) is 18.8. The number of benzene rings is 1. The van der Waals surface area contributed by atoms with Crippen LogP contribution in [0.1, 0.15) is 37.6 Å². The summed E-state index contributed by atoms with van der Waals surface area (Å²) in [5.74, 6) is 1.42. The number of fused-ring (bicyclic) bond motifs is 5. The highest BCUT2D eigenvalue weighted by Gasteiger charge is 2.31. The SMILES string of the molecule is CC(C)(C)[C@@H]1CCc2c(sc3ncn4nc(-c5ccccc5O)nc4c23)C1. The van der Waals surface area contributed by atoms with E-state index in [1.807, 2.05) is 12.1 Å². The first-order valence-electron chi connectivity index (χ1n) is 9.36. The fourth-order valence-corrected chi connectivity index (χ4v) is 5.35. The van der Waals surface area contributed by atoms with Gasteiger partial charge in [0.1, 0.15) is 16.9 Å². The lowest BCUT2D eigenvalue weighted by atomic mass is 9.72. The molecule has 0 spiro atoms. The number of nitrogens with zero attached hydrogens (tertiary/aromatic N) is 4.